The molecule has 3 aromatic rings. The van der Waals surface area contributed by atoms with Crippen LogP contribution in [0.4, 0.5) is 5.69 Å². The lowest BCUT2D eigenvalue weighted by Crippen LogP contribution is -2.49. The molecule has 1 aliphatic carbocycles. The molecule has 1 saturated heterocycles. The third kappa shape index (κ3) is 5.64. The van der Waals surface area contributed by atoms with E-state index in [9.17, 15) is 13.2 Å². The van der Waals surface area contributed by atoms with Gasteiger partial charge in [0.1, 0.15) is 0 Å². The third-order valence-electron chi connectivity index (χ3n) is 7.71. The Hall–Kier alpha value is -3.00. The number of aryl methyl sites for hydroxylation is 1. The van der Waals surface area contributed by atoms with Crippen LogP contribution in [0.3, 0.4) is 0 Å². The number of carbonyl (C=O) groups is 1. The second-order valence-electron chi connectivity index (χ2n) is 10.4. The molecular formula is C30H35N3O3S. The number of likely N-dealkylation sites (tertiary alicyclic amines) is 1. The fourth-order valence-corrected chi connectivity index (χ4v) is 7.39. The van der Waals surface area contributed by atoms with Gasteiger partial charge in [-0.25, -0.2) is 13.1 Å². The lowest BCUT2D eigenvalue weighted by atomic mass is 9.94. The molecule has 5 rings (SSSR count). The van der Waals surface area contributed by atoms with Crippen LogP contribution in [-0.2, 0) is 29.4 Å². The molecule has 3 aromatic carbocycles. The number of carbonyl (C=O) groups excluding carboxylic acids is 1. The number of sulfonamides is 1. The zero-order chi connectivity index (χ0) is 26.0. The van der Waals surface area contributed by atoms with E-state index in [1.165, 1.54) is 5.56 Å². The molecule has 0 saturated carbocycles. The Labute approximate surface area is 220 Å². The Balaban J connectivity index is 1.29. The van der Waals surface area contributed by atoms with Gasteiger partial charge in [-0.05, 0) is 79.0 Å². The summed E-state index contributed by atoms with van der Waals surface area (Å²) in [6.45, 7) is 6.62. The normalized spacial score (nSPS) is 19.9. The van der Waals surface area contributed by atoms with Gasteiger partial charge in [0.25, 0.3) is 5.91 Å². The van der Waals surface area contributed by atoms with E-state index >= 15 is 0 Å². The van der Waals surface area contributed by atoms with E-state index in [2.05, 4.69) is 46.1 Å². The number of fused-ring (bicyclic) bond motifs is 1. The van der Waals surface area contributed by atoms with Gasteiger partial charge >= 0.3 is 0 Å². The van der Waals surface area contributed by atoms with Crippen LogP contribution in [0.15, 0.2) is 71.6 Å². The molecule has 1 heterocycles. The highest BCUT2D eigenvalue weighted by molar-refractivity contribution is 7.89. The molecule has 2 N–H and O–H groups in total. The number of hydrogen-bond donors (Lipinski definition) is 2. The zero-order valence-corrected chi connectivity index (χ0v) is 22.4. The van der Waals surface area contributed by atoms with Gasteiger partial charge < -0.3 is 5.32 Å². The highest BCUT2D eigenvalue weighted by atomic mass is 32.2. The first-order valence-electron chi connectivity index (χ1n) is 13.1. The van der Waals surface area contributed by atoms with Gasteiger partial charge in [-0.3, -0.25) is 9.69 Å². The van der Waals surface area contributed by atoms with E-state index in [4.69, 9.17) is 0 Å². The van der Waals surface area contributed by atoms with Crippen LogP contribution < -0.4 is 10.0 Å². The first-order valence-corrected chi connectivity index (χ1v) is 14.6. The molecular weight excluding hydrogens is 482 g/mol. The van der Waals surface area contributed by atoms with Crippen LogP contribution in [0.1, 0.15) is 52.4 Å². The smallest absolute Gasteiger partial charge is 0.255 e. The van der Waals surface area contributed by atoms with Crippen molar-refractivity contribution in [1.29, 1.82) is 0 Å². The minimum absolute atomic E-state index is 0.102. The Morgan fingerprint density at radius 1 is 0.973 bits per heavy atom. The van der Waals surface area contributed by atoms with E-state index in [-0.39, 0.29) is 17.9 Å². The summed E-state index contributed by atoms with van der Waals surface area (Å²) in [6, 6.07) is 21.2. The topological polar surface area (TPSA) is 78.5 Å². The van der Waals surface area contributed by atoms with Gasteiger partial charge in [0.2, 0.25) is 10.0 Å². The van der Waals surface area contributed by atoms with Crippen molar-refractivity contribution in [1.82, 2.24) is 9.62 Å². The van der Waals surface area contributed by atoms with E-state index in [1.807, 2.05) is 31.2 Å². The summed E-state index contributed by atoms with van der Waals surface area (Å²) in [5.74, 6) is 0.0324. The van der Waals surface area contributed by atoms with Gasteiger partial charge in [-0.2, -0.15) is 0 Å². The van der Waals surface area contributed by atoms with Gasteiger partial charge in [-0.15, -0.1) is 0 Å². The van der Waals surface area contributed by atoms with Gasteiger partial charge in [-0.1, -0.05) is 55.5 Å². The molecule has 0 radical (unpaired) electrons. The zero-order valence-electron chi connectivity index (χ0n) is 21.5. The highest BCUT2D eigenvalue weighted by Crippen LogP contribution is 2.35. The van der Waals surface area contributed by atoms with Crippen molar-refractivity contribution in [3.8, 4) is 0 Å². The number of piperidine rings is 1. The Morgan fingerprint density at radius 2 is 1.70 bits per heavy atom. The standard InChI is InChI=1S/C30H35N3O3S/c1-21-9-6-7-12-24(21)30(34)31-28-15-16-29(26-14-8-13-25(26)28)37(35,36)32-27-17-18-33(19-22(27)2)20-23-10-4-3-5-11-23/h3-7,9-12,15-16,22,27,32H,8,13-14,17-20H2,1-2H3,(H,31,34)/t22-,27-/m0/s1. The van der Waals surface area contributed by atoms with Crippen molar-refractivity contribution in [3.05, 3.63) is 94.5 Å². The van der Waals surface area contributed by atoms with E-state index in [1.54, 1.807) is 18.2 Å². The average Bonchev–Trinajstić information content (AvgIpc) is 3.37. The van der Waals surface area contributed by atoms with Gasteiger partial charge in [0.05, 0.1) is 4.90 Å². The summed E-state index contributed by atoms with van der Waals surface area (Å²) < 4.78 is 30.2. The van der Waals surface area contributed by atoms with Gasteiger partial charge in [0.15, 0.2) is 0 Å². The molecule has 1 amide bonds. The lowest BCUT2D eigenvalue weighted by molar-refractivity contribution is 0.102. The fourth-order valence-electron chi connectivity index (χ4n) is 5.71. The summed E-state index contributed by atoms with van der Waals surface area (Å²) in [7, 11) is -3.68. The molecule has 0 spiro atoms. The minimum atomic E-state index is -3.68. The van der Waals surface area contributed by atoms with E-state index in [0.29, 0.717) is 22.6 Å². The van der Waals surface area contributed by atoms with Crippen LogP contribution >= 0.6 is 0 Å². The summed E-state index contributed by atoms with van der Waals surface area (Å²) >= 11 is 0. The Kier molecular flexibility index (Phi) is 7.47. The Bertz CT molecular complexity index is 1390. The van der Waals surface area contributed by atoms with Crippen molar-refractivity contribution in [2.45, 2.75) is 57.0 Å². The molecule has 2 atom stereocenters. The molecule has 37 heavy (non-hydrogen) atoms. The number of amides is 1. The summed E-state index contributed by atoms with van der Waals surface area (Å²) in [4.78, 5) is 15.7. The van der Waals surface area contributed by atoms with Crippen molar-refractivity contribution in [2.24, 2.45) is 5.92 Å². The first kappa shape index (κ1) is 25.6. The number of rotatable bonds is 7. The molecule has 7 heteroatoms. The molecule has 0 bridgehead atoms. The molecule has 1 fully saturated rings. The fraction of sp³-hybridized carbons (Fsp3) is 0.367. The highest BCUT2D eigenvalue weighted by Gasteiger charge is 2.32. The van der Waals surface area contributed by atoms with Crippen LogP contribution in [0.2, 0.25) is 0 Å². The lowest BCUT2D eigenvalue weighted by Gasteiger charge is -2.37. The SMILES string of the molecule is Cc1ccccc1C(=O)Nc1ccc(S(=O)(=O)N[C@H]2CCN(Cc3ccccc3)C[C@@H]2C)c2c1CCC2. The summed E-state index contributed by atoms with van der Waals surface area (Å²) in [6.07, 6.45) is 3.12. The molecule has 0 unspecified atom stereocenters. The van der Waals surface area contributed by atoms with Crippen LogP contribution in [0.25, 0.3) is 0 Å². The minimum Gasteiger partial charge on any atom is -0.322 e. The molecule has 0 aromatic heterocycles. The van der Waals surface area contributed by atoms with Crippen LogP contribution in [-0.4, -0.2) is 38.4 Å². The number of benzene rings is 3. The molecule has 2 aliphatic rings. The number of hydrogen-bond acceptors (Lipinski definition) is 4. The first-order chi connectivity index (χ1) is 17.8. The maximum absolute atomic E-state index is 13.6. The van der Waals surface area contributed by atoms with Gasteiger partial charge in [0, 0.05) is 36.9 Å². The number of anilines is 1. The van der Waals surface area contributed by atoms with Crippen molar-refractivity contribution in [3.63, 3.8) is 0 Å². The maximum Gasteiger partial charge on any atom is 0.255 e. The predicted octanol–water partition coefficient (Wildman–Crippen LogP) is 4.92. The maximum atomic E-state index is 13.6. The second kappa shape index (κ2) is 10.8. The predicted molar refractivity (Wildman–Crippen MR) is 147 cm³/mol. The summed E-state index contributed by atoms with van der Waals surface area (Å²) in [5.41, 5.74) is 5.30. The van der Waals surface area contributed by atoms with E-state index < -0.39 is 10.0 Å². The van der Waals surface area contributed by atoms with Crippen molar-refractivity contribution in [2.75, 3.05) is 18.4 Å². The molecule has 1 aliphatic heterocycles. The largest absolute Gasteiger partial charge is 0.322 e. The number of nitrogens with one attached hydrogen (secondary N) is 2. The average molecular weight is 518 g/mol. The Morgan fingerprint density at radius 3 is 2.46 bits per heavy atom. The van der Waals surface area contributed by atoms with Crippen molar-refractivity contribution < 1.29 is 13.2 Å². The summed E-state index contributed by atoms with van der Waals surface area (Å²) in [5, 5.41) is 3.03. The van der Waals surface area contributed by atoms with E-state index in [0.717, 1.165) is 55.6 Å². The molecule has 194 valence electrons. The third-order valence-corrected chi connectivity index (χ3v) is 9.29. The van der Waals surface area contributed by atoms with Crippen molar-refractivity contribution >= 4 is 21.6 Å². The van der Waals surface area contributed by atoms with Crippen LogP contribution in [0.5, 0.6) is 0 Å². The van der Waals surface area contributed by atoms with Crippen LogP contribution in [0, 0.1) is 12.8 Å². The second-order valence-corrected chi connectivity index (χ2v) is 12.1. The number of nitrogens with zero attached hydrogens (tertiary/aromatic N) is 1. The monoisotopic (exact) mass is 517 g/mol. The quantitative estimate of drug-likeness (QED) is 0.466. The molecule has 6 nitrogen and oxygen atoms in total.